The summed E-state index contributed by atoms with van der Waals surface area (Å²) in [5.74, 6) is 1.10. The van der Waals surface area contributed by atoms with Crippen molar-refractivity contribution in [3.63, 3.8) is 0 Å². The van der Waals surface area contributed by atoms with Crippen LogP contribution in [0.5, 0.6) is 11.5 Å². The number of hydrogen-bond acceptors (Lipinski definition) is 5. The smallest absolute Gasteiger partial charge is 0.179 e. The molecular weight excluding hydrogens is 280 g/mol. The molecule has 0 atom stereocenters. The summed E-state index contributed by atoms with van der Waals surface area (Å²) in [6.45, 7) is 3.87. The van der Waals surface area contributed by atoms with Crippen molar-refractivity contribution >= 4 is 17.8 Å². The highest BCUT2D eigenvalue weighted by Gasteiger charge is 2.12. The first-order chi connectivity index (χ1) is 9.60. The molecule has 0 aliphatic heterocycles. The first-order valence-corrected chi connectivity index (χ1v) is 6.41. The molecule has 0 aliphatic rings. The van der Waals surface area contributed by atoms with Gasteiger partial charge in [-0.15, -0.1) is 10.2 Å². The Morgan fingerprint density at radius 1 is 1.30 bits per heavy atom. The minimum absolute atomic E-state index is 0.0185. The summed E-state index contributed by atoms with van der Waals surface area (Å²) < 4.78 is 12.4. The molecule has 2 rings (SSSR count). The van der Waals surface area contributed by atoms with Crippen LogP contribution in [0.3, 0.4) is 0 Å². The molecule has 1 heterocycles. The Kier molecular flexibility index (Phi) is 4.57. The maximum Gasteiger partial charge on any atom is 0.179 e. The van der Waals surface area contributed by atoms with Crippen molar-refractivity contribution in [1.82, 2.24) is 14.9 Å². The van der Waals surface area contributed by atoms with Crippen LogP contribution in [0.1, 0.15) is 19.4 Å². The van der Waals surface area contributed by atoms with Crippen LogP contribution in [0.25, 0.3) is 0 Å². The van der Waals surface area contributed by atoms with Gasteiger partial charge in [-0.2, -0.15) is 5.10 Å². The fourth-order valence-corrected chi connectivity index (χ4v) is 1.89. The second kappa shape index (κ2) is 6.38. The summed E-state index contributed by atoms with van der Waals surface area (Å²) in [7, 11) is 1.55. The fourth-order valence-electron chi connectivity index (χ4n) is 1.59. The normalized spacial score (nSPS) is 11.2. The summed E-state index contributed by atoms with van der Waals surface area (Å²) in [5.41, 5.74) is 0.792. The van der Waals surface area contributed by atoms with E-state index in [1.165, 1.54) is 17.3 Å². The fraction of sp³-hybridized carbons (Fsp3) is 0.308. The lowest BCUT2D eigenvalue weighted by Gasteiger charge is -2.15. The molecule has 0 aliphatic carbocycles. The summed E-state index contributed by atoms with van der Waals surface area (Å²) in [4.78, 5) is 0. The molecule has 7 heteroatoms. The third kappa shape index (κ3) is 3.48. The van der Waals surface area contributed by atoms with E-state index in [1.54, 1.807) is 19.4 Å². The molecule has 0 unspecified atom stereocenters. The largest absolute Gasteiger partial charge is 0.491 e. The van der Waals surface area contributed by atoms with E-state index in [9.17, 15) is 0 Å². The molecule has 0 amide bonds. The van der Waals surface area contributed by atoms with Gasteiger partial charge in [-0.05, 0) is 31.5 Å². The average Bonchev–Trinajstić information content (AvgIpc) is 2.88. The van der Waals surface area contributed by atoms with Gasteiger partial charge in [0.15, 0.2) is 11.5 Å². The Morgan fingerprint density at radius 2 is 2.00 bits per heavy atom. The molecule has 0 N–H and O–H groups in total. The van der Waals surface area contributed by atoms with E-state index in [-0.39, 0.29) is 6.10 Å². The quantitative estimate of drug-likeness (QED) is 0.795. The van der Waals surface area contributed by atoms with Crippen LogP contribution >= 0.6 is 11.6 Å². The van der Waals surface area contributed by atoms with Crippen LogP contribution in [0.2, 0.25) is 5.02 Å². The van der Waals surface area contributed by atoms with Crippen molar-refractivity contribution in [3.05, 3.63) is 35.4 Å². The van der Waals surface area contributed by atoms with E-state index < -0.39 is 0 Å². The number of rotatable bonds is 5. The van der Waals surface area contributed by atoms with Gasteiger partial charge < -0.3 is 9.47 Å². The molecule has 20 heavy (non-hydrogen) atoms. The van der Waals surface area contributed by atoms with Crippen molar-refractivity contribution in [1.29, 1.82) is 0 Å². The SMILES string of the molecule is COc1c(Cl)cc(C=Nn2cnnc2)cc1OC(C)C. The van der Waals surface area contributed by atoms with E-state index in [0.29, 0.717) is 16.5 Å². The number of hydrogen-bond donors (Lipinski definition) is 0. The Bertz CT molecular complexity index is 597. The van der Waals surface area contributed by atoms with Gasteiger partial charge in [0.1, 0.15) is 12.7 Å². The van der Waals surface area contributed by atoms with E-state index >= 15 is 0 Å². The zero-order valence-electron chi connectivity index (χ0n) is 11.4. The predicted octanol–water partition coefficient (Wildman–Crippen LogP) is 2.61. The monoisotopic (exact) mass is 294 g/mol. The second-order valence-electron chi connectivity index (χ2n) is 4.29. The Balaban J connectivity index is 2.32. The van der Waals surface area contributed by atoms with Gasteiger partial charge in [-0.1, -0.05) is 11.6 Å². The molecule has 1 aromatic heterocycles. The van der Waals surface area contributed by atoms with Crippen molar-refractivity contribution < 1.29 is 9.47 Å². The van der Waals surface area contributed by atoms with Crippen molar-refractivity contribution in [2.75, 3.05) is 7.11 Å². The van der Waals surface area contributed by atoms with E-state index in [4.69, 9.17) is 21.1 Å². The van der Waals surface area contributed by atoms with Gasteiger partial charge in [0.25, 0.3) is 0 Å². The molecule has 0 saturated heterocycles. The maximum absolute atomic E-state index is 6.18. The molecule has 2 aromatic rings. The van der Waals surface area contributed by atoms with Crippen LogP contribution < -0.4 is 9.47 Å². The predicted molar refractivity (Wildman–Crippen MR) is 76.8 cm³/mol. The number of methoxy groups -OCH3 is 1. The van der Waals surface area contributed by atoms with Gasteiger partial charge in [0, 0.05) is 0 Å². The Hall–Kier alpha value is -2.08. The van der Waals surface area contributed by atoms with Gasteiger partial charge in [-0.3, -0.25) is 0 Å². The molecule has 6 nitrogen and oxygen atoms in total. The van der Waals surface area contributed by atoms with Crippen LogP contribution in [-0.4, -0.2) is 34.3 Å². The van der Waals surface area contributed by atoms with E-state index in [1.807, 2.05) is 19.9 Å². The number of nitrogens with zero attached hydrogens (tertiary/aromatic N) is 4. The lowest BCUT2D eigenvalue weighted by Crippen LogP contribution is -2.07. The highest BCUT2D eigenvalue weighted by Crippen LogP contribution is 2.36. The van der Waals surface area contributed by atoms with Crippen LogP contribution in [0.4, 0.5) is 0 Å². The third-order valence-electron chi connectivity index (χ3n) is 2.35. The van der Waals surface area contributed by atoms with Gasteiger partial charge in [-0.25, -0.2) is 4.68 Å². The second-order valence-corrected chi connectivity index (χ2v) is 4.69. The van der Waals surface area contributed by atoms with Gasteiger partial charge in [0.05, 0.1) is 24.5 Å². The van der Waals surface area contributed by atoms with E-state index in [0.717, 1.165) is 5.56 Å². The molecule has 0 spiro atoms. The summed E-state index contributed by atoms with van der Waals surface area (Å²) in [6, 6.07) is 3.57. The maximum atomic E-state index is 6.18. The summed E-state index contributed by atoms with van der Waals surface area (Å²) in [5, 5.41) is 12.0. The van der Waals surface area contributed by atoms with Crippen LogP contribution in [-0.2, 0) is 0 Å². The molecule has 0 bridgehead atoms. The van der Waals surface area contributed by atoms with Gasteiger partial charge in [0.2, 0.25) is 0 Å². The van der Waals surface area contributed by atoms with Crippen LogP contribution in [0, 0.1) is 0 Å². The Labute approximate surface area is 122 Å². The number of benzene rings is 1. The van der Waals surface area contributed by atoms with E-state index in [2.05, 4.69) is 15.3 Å². The average molecular weight is 295 g/mol. The molecule has 0 fully saturated rings. The summed E-state index contributed by atoms with van der Waals surface area (Å²) >= 11 is 6.18. The molecule has 0 radical (unpaired) electrons. The number of ether oxygens (including phenoxy) is 2. The third-order valence-corrected chi connectivity index (χ3v) is 2.63. The highest BCUT2D eigenvalue weighted by atomic mass is 35.5. The minimum Gasteiger partial charge on any atom is -0.491 e. The first kappa shape index (κ1) is 14.3. The molecule has 1 aromatic carbocycles. The minimum atomic E-state index is 0.0185. The van der Waals surface area contributed by atoms with Crippen molar-refractivity contribution in [2.45, 2.75) is 20.0 Å². The summed E-state index contributed by atoms with van der Waals surface area (Å²) in [6.07, 6.45) is 4.65. The number of aromatic nitrogens is 3. The lowest BCUT2D eigenvalue weighted by molar-refractivity contribution is 0.230. The Morgan fingerprint density at radius 3 is 2.60 bits per heavy atom. The molecule has 106 valence electrons. The van der Waals surface area contributed by atoms with Gasteiger partial charge >= 0.3 is 0 Å². The van der Waals surface area contributed by atoms with Crippen molar-refractivity contribution in [2.24, 2.45) is 5.10 Å². The standard InChI is InChI=1S/C13H15ClN4O2/c1-9(2)20-12-5-10(4-11(14)13(12)19-3)6-17-18-7-15-16-8-18/h4-9H,1-3H3. The zero-order chi connectivity index (χ0) is 14.5. The molecular formula is C13H15ClN4O2. The lowest BCUT2D eigenvalue weighted by atomic mass is 10.2. The molecule has 0 saturated carbocycles. The number of halogens is 1. The highest BCUT2D eigenvalue weighted by molar-refractivity contribution is 6.32. The first-order valence-electron chi connectivity index (χ1n) is 6.03. The van der Waals surface area contributed by atoms with Crippen LogP contribution in [0.15, 0.2) is 29.9 Å². The zero-order valence-corrected chi connectivity index (χ0v) is 12.2. The van der Waals surface area contributed by atoms with Crippen molar-refractivity contribution in [3.8, 4) is 11.5 Å². The topological polar surface area (TPSA) is 61.5 Å².